The fourth-order valence-electron chi connectivity index (χ4n) is 1.52. The molecule has 1 aromatic carbocycles. The van der Waals surface area contributed by atoms with E-state index in [-0.39, 0.29) is 11.5 Å². The summed E-state index contributed by atoms with van der Waals surface area (Å²) >= 11 is 0. The number of phenols is 2. The lowest BCUT2D eigenvalue weighted by Gasteiger charge is -2.07. The molecule has 0 bridgehead atoms. The van der Waals surface area contributed by atoms with Gasteiger partial charge in [0.1, 0.15) is 0 Å². The molecule has 0 unspecified atom stereocenters. The minimum Gasteiger partial charge on any atom is -0.504 e. The third-order valence-corrected chi connectivity index (χ3v) is 2.36. The van der Waals surface area contributed by atoms with Crippen molar-refractivity contribution < 1.29 is 20.1 Å². The van der Waals surface area contributed by atoms with Gasteiger partial charge in [0.05, 0.1) is 0 Å². The van der Waals surface area contributed by atoms with E-state index in [2.05, 4.69) is 9.97 Å². The summed E-state index contributed by atoms with van der Waals surface area (Å²) in [4.78, 5) is 18.6. The van der Waals surface area contributed by atoms with Gasteiger partial charge in [0.2, 0.25) is 0 Å². The molecule has 3 N–H and O–H groups in total. The van der Waals surface area contributed by atoms with E-state index < -0.39 is 5.97 Å². The second-order valence-corrected chi connectivity index (χ2v) is 3.67. The van der Waals surface area contributed by atoms with Gasteiger partial charge in [-0.25, -0.2) is 14.8 Å². The summed E-state index contributed by atoms with van der Waals surface area (Å²) < 4.78 is 0. The normalized spacial score (nSPS) is 10.7. The zero-order chi connectivity index (χ0) is 13.8. The summed E-state index contributed by atoms with van der Waals surface area (Å²) in [6, 6.07) is 4.17. The predicted octanol–water partition coefficient (Wildman–Crippen LogP) is 1.65. The molecular weight excluding hydrogens is 248 g/mol. The quantitative estimate of drug-likeness (QED) is 0.571. The van der Waals surface area contributed by atoms with Gasteiger partial charge in [-0.05, 0) is 29.8 Å². The third-order valence-electron chi connectivity index (χ3n) is 2.36. The predicted molar refractivity (Wildman–Crippen MR) is 67.5 cm³/mol. The topological polar surface area (TPSA) is 104 Å². The summed E-state index contributed by atoms with van der Waals surface area (Å²) in [5.74, 6) is -1.46. The van der Waals surface area contributed by atoms with E-state index in [9.17, 15) is 15.0 Å². The number of carboxylic acid groups (broad SMARTS) is 1. The number of rotatable bonds is 3. The molecule has 1 heterocycles. The highest BCUT2D eigenvalue weighted by molar-refractivity contribution is 5.87. The summed E-state index contributed by atoms with van der Waals surface area (Å²) in [6.07, 6.45) is 5.28. The van der Waals surface area contributed by atoms with E-state index in [1.54, 1.807) is 6.07 Å². The highest BCUT2D eigenvalue weighted by atomic mass is 16.4. The fourth-order valence-corrected chi connectivity index (χ4v) is 1.52. The smallest absolute Gasteiger partial charge is 0.328 e. The maximum absolute atomic E-state index is 10.5. The number of hydrogen-bond acceptors (Lipinski definition) is 5. The van der Waals surface area contributed by atoms with Crippen molar-refractivity contribution in [2.45, 2.75) is 0 Å². The second kappa shape index (κ2) is 5.18. The minimum atomic E-state index is -1.12. The molecule has 2 aromatic rings. The van der Waals surface area contributed by atoms with E-state index in [1.807, 2.05) is 0 Å². The Balaban J connectivity index is 2.58. The SMILES string of the molecule is O=C(O)/C=C/c1cc(O)c(O)cc1-c1ncccn1. The van der Waals surface area contributed by atoms with Crippen LogP contribution in [0.1, 0.15) is 5.56 Å². The van der Waals surface area contributed by atoms with Gasteiger partial charge in [-0.1, -0.05) is 0 Å². The van der Waals surface area contributed by atoms with Crippen molar-refractivity contribution in [3.63, 3.8) is 0 Å². The number of aromatic nitrogens is 2. The average molecular weight is 258 g/mol. The van der Waals surface area contributed by atoms with E-state index in [0.29, 0.717) is 17.0 Å². The molecule has 1 aromatic heterocycles. The first kappa shape index (κ1) is 12.6. The van der Waals surface area contributed by atoms with Crippen LogP contribution in [0.15, 0.2) is 36.7 Å². The van der Waals surface area contributed by atoms with Crippen LogP contribution in [-0.2, 0) is 4.79 Å². The summed E-state index contributed by atoms with van der Waals surface area (Å²) in [6.45, 7) is 0. The first-order valence-corrected chi connectivity index (χ1v) is 5.32. The molecule has 0 aliphatic rings. The number of phenolic OH excluding ortho intramolecular Hbond substituents is 2. The number of nitrogens with zero attached hydrogens (tertiary/aromatic N) is 2. The highest BCUT2D eigenvalue weighted by Crippen LogP contribution is 2.33. The molecule has 0 amide bonds. The summed E-state index contributed by atoms with van der Waals surface area (Å²) in [5, 5.41) is 27.6. The van der Waals surface area contributed by atoms with Crippen LogP contribution in [0, 0.1) is 0 Å². The van der Waals surface area contributed by atoms with Crippen molar-refractivity contribution in [3.8, 4) is 22.9 Å². The van der Waals surface area contributed by atoms with Gasteiger partial charge in [-0.2, -0.15) is 0 Å². The van der Waals surface area contributed by atoms with Crippen LogP contribution in [0.2, 0.25) is 0 Å². The van der Waals surface area contributed by atoms with Crippen molar-refractivity contribution in [3.05, 3.63) is 42.2 Å². The van der Waals surface area contributed by atoms with Crippen LogP contribution in [0.25, 0.3) is 17.5 Å². The van der Waals surface area contributed by atoms with Crippen LogP contribution < -0.4 is 0 Å². The van der Waals surface area contributed by atoms with Crippen LogP contribution >= 0.6 is 0 Å². The average Bonchev–Trinajstić information content (AvgIpc) is 2.40. The van der Waals surface area contributed by atoms with E-state index >= 15 is 0 Å². The number of benzene rings is 1. The Kier molecular flexibility index (Phi) is 3.42. The van der Waals surface area contributed by atoms with Crippen molar-refractivity contribution in [2.24, 2.45) is 0 Å². The monoisotopic (exact) mass is 258 g/mol. The summed E-state index contributed by atoms with van der Waals surface area (Å²) in [5.41, 5.74) is 0.817. The third kappa shape index (κ3) is 2.86. The Hall–Kier alpha value is -2.89. The second-order valence-electron chi connectivity index (χ2n) is 3.67. The van der Waals surface area contributed by atoms with Crippen molar-refractivity contribution in [1.29, 1.82) is 0 Å². The molecule has 6 nitrogen and oxygen atoms in total. The number of aromatic hydroxyl groups is 2. The van der Waals surface area contributed by atoms with E-state index in [0.717, 1.165) is 6.08 Å². The lowest BCUT2D eigenvalue weighted by Crippen LogP contribution is -1.92. The molecule has 0 saturated carbocycles. The number of hydrogen-bond donors (Lipinski definition) is 3. The van der Waals surface area contributed by atoms with Crippen molar-refractivity contribution in [2.75, 3.05) is 0 Å². The Bertz CT molecular complexity index is 639. The zero-order valence-electron chi connectivity index (χ0n) is 9.69. The van der Waals surface area contributed by atoms with Gasteiger partial charge in [-0.3, -0.25) is 0 Å². The molecule has 0 aliphatic heterocycles. The number of carbonyl (C=O) groups is 1. The molecule has 0 spiro atoms. The molecule has 0 aliphatic carbocycles. The molecule has 0 atom stereocenters. The highest BCUT2D eigenvalue weighted by Gasteiger charge is 2.10. The minimum absolute atomic E-state index is 0.322. The van der Waals surface area contributed by atoms with Gasteiger partial charge in [0.15, 0.2) is 17.3 Å². The molecule has 0 radical (unpaired) electrons. The maximum Gasteiger partial charge on any atom is 0.328 e. The Morgan fingerprint density at radius 3 is 2.37 bits per heavy atom. The van der Waals surface area contributed by atoms with Crippen LogP contribution in [0.5, 0.6) is 11.5 Å². The standard InChI is InChI=1S/C13H10N2O4/c16-10-6-8(2-3-12(18)19)9(7-11(10)17)13-14-4-1-5-15-13/h1-7,16-17H,(H,18,19)/b3-2+. The molecule has 19 heavy (non-hydrogen) atoms. The largest absolute Gasteiger partial charge is 0.504 e. The Labute approximate surface area is 108 Å². The van der Waals surface area contributed by atoms with Gasteiger partial charge >= 0.3 is 5.97 Å². The Morgan fingerprint density at radius 1 is 1.11 bits per heavy atom. The number of carboxylic acids is 1. The first-order valence-electron chi connectivity index (χ1n) is 5.32. The molecular formula is C13H10N2O4. The molecule has 2 rings (SSSR count). The molecule has 0 fully saturated rings. The van der Waals surface area contributed by atoms with Gasteiger partial charge in [0.25, 0.3) is 0 Å². The van der Waals surface area contributed by atoms with Gasteiger partial charge in [-0.15, -0.1) is 0 Å². The van der Waals surface area contributed by atoms with Crippen LogP contribution in [0.4, 0.5) is 0 Å². The van der Waals surface area contributed by atoms with Crippen LogP contribution in [0.3, 0.4) is 0 Å². The Morgan fingerprint density at radius 2 is 1.74 bits per heavy atom. The van der Waals surface area contributed by atoms with Gasteiger partial charge in [0, 0.05) is 24.0 Å². The van der Waals surface area contributed by atoms with Crippen molar-refractivity contribution in [1.82, 2.24) is 9.97 Å². The lowest BCUT2D eigenvalue weighted by atomic mass is 10.0. The lowest BCUT2D eigenvalue weighted by molar-refractivity contribution is -0.131. The molecule has 6 heteroatoms. The van der Waals surface area contributed by atoms with E-state index in [1.165, 1.54) is 30.6 Å². The maximum atomic E-state index is 10.5. The summed E-state index contributed by atoms with van der Waals surface area (Å²) in [7, 11) is 0. The molecule has 96 valence electrons. The fraction of sp³-hybridized carbons (Fsp3) is 0. The van der Waals surface area contributed by atoms with Crippen LogP contribution in [-0.4, -0.2) is 31.3 Å². The van der Waals surface area contributed by atoms with Crippen molar-refractivity contribution >= 4 is 12.0 Å². The zero-order valence-corrected chi connectivity index (χ0v) is 9.69. The van der Waals surface area contributed by atoms with E-state index in [4.69, 9.17) is 5.11 Å². The number of aliphatic carboxylic acids is 1. The van der Waals surface area contributed by atoms with Gasteiger partial charge < -0.3 is 15.3 Å². The molecule has 0 saturated heterocycles. The first-order chi connectivity index (χ1) is 9.08.